The molecule has 2 heterocycles. The third-order valence-electron chi connectivity index (χ3n) is 4.11. The van der Waals surface area contributed by atoms with Gasteiger partial charge in [0.25, 0.3) is 0 Å². The molecule has 0 aromatic heterocycles. The maximum atomic E-state index is 11.9. The molecule has 0 bridgehead atoms. The standard InChI is InChI=1S/C13H24N2O3.C3H6S.C2H6/c1-12(2,3)18-11(16)15-6-4-13(5-7-15)8-10(14)9-17-13;4-3-1-2-3;1-2/h10H,4-9,14H2,1-3H3;3-4H,1-2H2;1-2H3. The van der Waals surface area contributed by atoms with Crippen LogP contribution in [-0.4, -0.2) is 53.2 Å². The van der Waals surface area contributed by atoms with E-state index in [1.54, 1.807) is 4.90 Å². The zero-order valence-corrected chi connectivity index (χ0v) is 16.9. The molecule has 0 radical (unpaired) electrons. The fraction of sp³-hybridized carbons (Fsp3) is 0.944. The molecular weight excluding hydrogens is 324 g/mol. The Hall–Kier alpha value is -0.460. The molecule has 1 spiro atoms. The summed E-state index contributed by atoms with van der Waals surface area (Å²) in [6.45, 7) is 11.7. The van der Waals surface area contributed by atoms with E-state index >= 15 is 0 Å². The number of carbonyl (C=O) groups is 1. The largest absolute Gasteiger partial charge is 0.444 e. The lowest BCUT2D eigenvalue weighted by Gasteiger charge is -2.38. The van der Waals surface area contributed by atoms with Crippen LogP contribution in [0.2, 0.25) is 0 Å². The van der Waals surface area contributed by atoms with Crippen molar-refractivity contribution in [2.45, 2.75) is 89.2 Å². The zero-order chi connectivity index (χ0) is 18.4. The number of nitrogens with zero attached hydrogens (tertiary/aromatic N) is 1. The minimum atomic E-state index is -0.432. The van der Waals surface area contributed by atoms with Gasteiger partial charge in [0.2, 0.25) is 0 Å². The van der Waals surface area contributed by atoms with Crippen molar-refractivity contribution in [2.24, 2.45) is 5.73 Å². The molecule has 1 atom stereocenters. The molecular formula is C18H36N2O3S. The first-order valence-corrected chi connectivity index (χ1v) is 9.76. The van der Waals surface area contributed by atoms with Gasteiger partial charge in [0, 0.05) is 24.4 Å². The highest BCUT2D eigenvalue weighted by Crippen LogP contribution is 2.35. The van der Waals surface area contributed by atoms with Crippen molar-refractivity contribution in [3.63, 3.8) is 0 Å². The van der Waals surface area contributed by atoms with Crippen LogP contribution >= 0.6 is 12.6 Å². The fourth-order valence-corrected chi connectivity index (χ4v) is 2.87. The summed E-state index contributed by atoms with van der Waals surface area (Å²) in [5.74, 6) is 0. The summed E-state index contributed by atoms with van der Waals surface area (Å²) in [7, 11) is 0. The van der Waals surface area contributed by atoms with Gasteiger partial charge in [-0.05, 0) is 52.9 Å². The van der Waals surface area contributed by atoms with E-state index in [1.807, 2.05) is 34.6 Å². The monoisotopic (exact) mass is 360 g/mol. The molecule has 2 aliphatic heterocycles. The van der Waals surface area contributed by atoms with E-state index in [9.17, 15) is 4.79 Å². The molecule has 24 heavy (non-hydrogen) atoms. The number of piperidine rings is 1. The van der Waals surface area contributed by atoms with E-state index in [2.05, 4.69) is 12.6 Å². The average molecular weight is 361 g/mol. The highest BCUT2D eigenvalue weighted by molar-refractivity contribution is 7.81. The van der Waals surface area contributed by atoms with Gasteiger partial charge in [-0.3, -0.25) is 0 Å². The molecule has 1 aliphatic carbocycles. The number of rotatable bonds is 0. The first-order chi connectivity index (χ1) is 11.2. The Labute approximate surface area is 153 Å². The summed E-state index contributed by atoms with van der Waals surface area (Å²) in [4.78, 5) is 13.7. The number of ether oxygens (including phenoxy) is 2. The van der Waals surface area contributed by atoms with Crippen molar-refractivity contribution < 1.29 is 14.3 Å². The number of thiol groups is 1. The van der Waals surface area contributed by atoms with E-state index in [-0.39, 0.29) is 17.7 Å². The predicted octanol–water partition coefficient (Wildman–Crippen LogP) is 3.61. The molecule has 1 saturated carbocycles. The number of carbonyl (C=O) groups excluding carboxylic acids is 1. The van der Waals surface area contributed by atoms with Gasteiger partial charge in [-0.1, -0.05) is 13.8 Å². The first kappa shape index (κ1) is 21.6. The van der Waals surface area contributed by atoms with Gasteiger partial charge < -0.3 is 20.1 Å². The summed E-state index contributed by atoms with van der Waals surface area (Å²) in [5.41, 5.74) is 5.37. The Balaban J connectivity index is 0.000000409. The topological polar surface area (TPSA) is 64.8 Å². The molecule has 142 valence electrons. The lowest BCUT2D eigenvalue weighted by molar-refractivity contribution is -0.0485. The first-order valence-electron chi connectivity index (χ1n) is 9.25. The molecule has 3 rings (SSSR count). The fourth-order valence-electron chi connectivity index (χ4n) is 2.73. The van der Waals surface area contributed by atoms with E-state index in [1.165, 1.54) is 12.8 Å². The minimum absolute atomic E-state index is 0.0854. The normalized spacial score (nSPS) is 25.3. The lowest BCUT2D eigenvalue weighted by atomic mass is 9.88. The molecule has 6 heteroatoms. The second-order valence-corrected chi connectivity index (χ2v) is 8.39. The summed E-state index contributed by atoms with van der Waals surface area (Å²) in [5, 5.41) is 0.778. The smallest absolute Gasteiger partial charge is 0.410 e. The van der Waals surface area contributed by atoms with Crippen molar-refractivity contribution in [3.8, 4) is 0 Å². The van der Waals surface area contributed by atoms with Crippen LogP contribution in [0.1, 0.15) is 66.7 Å². The summed E-state index contributed by atoms with van der Waals surface area (Å²) in [6.07, 6.45) is 5.11. The Morgan fingerprint density at radius 1 is 1.25 bits per heavy atom. The molecule has 2 saturated heterocycles. The Morgan fingerprint density at radius 3 is 2.08 bits per heavy atom. The molecule has 3 fully saturated rings. The van der Waals surface area contributed by atoms with Crippen LogP contribution in [0.25, 0.3) is 0 Å². The Kier molecular flexibility index (Phi) is 8.36. The number of hydrogen-bond donors (Lipinski definition) is 2. The van der Waals surface area contributed by atoms with Crippen molar-refractivity contribution in [3.05, 3.63) is 0 Å². The summed E-state index contributed by atoms with van der Waals surface area (Å²) in [6, 6.07) is 0.151. The van der Waals surface area contributed by atoms with Crippen LogP contribution in [0.3, 0.4) is 0 Å². The van der Waals surface area contributed by atoms with E-state index in [0.29, 0.717) is 19.7 Å². The van der Waals surface area contributed by atoms with Crippen LogP contribution in [0, 0.1) is 0 Å². The van der Waals surface area contributed by atoms with Crippen LogP contribution < -0.4 is 5.73 Å². The predicted molar refractivity (Wildman–Crippen MR) is 102 cm³/mol. The Morgan fingerprint density at radius 2 is 1.75 bits per heavy atom. The second kappa shape index (κ2) is 9.30. The molecule has 1 unspecified atom stereocenters. The SMILES string of the molecule is CC.CC(C)(C)OC(=O)N1CCC2(CC1)CC(N)CO2.SC1CC1. The van der Waals surface area contributed by atoms with Gasteiger partial charge in [-0.2, -0.15) is 12.6 Å². The van der Waals surface area contributed by atoms with Gasteiger partial charge >= 0.3 is 6.09 Å². The molecule has 1 amide bonds. The van der Waals surface area contributed by atoms with E-state index < -0.39 is 5.60 Å². The highest BCUT2D eigenvalue weighted by atomic mass is 32.1. The zero-order valence-electron chi connectivity index (χ0n) is 16.0. The van der Waals surface area contributed by atoms with Gasteiger partial charge in [0.15, 0.2) is 0 Å². The maximum Gasteiger partial charge on any atom is 0.410 e. The van der Waals surface area contributed by atoms with E-state index in [0.717, 1.165) is 24.5 Å². The van der Waals surface area contributed by atoms with Crippen molar-refractivity contribution >= 4 is 18.7 Å². The van der Waals surface area contributed by atoms with Crippen molar-refractivity contribution in [2.75, 3.05) is 19.7 Å². The molecule has 0 aromatic carbocycles. The third kappa shape index (κ3) is 7.62. The van der Waals surface area contributed by atoms with Gasteiger partial charge in [-0.25, -0.2) is 4.79 Å². The molecule has 2 N–H and O–H groups in total. The van der Waals surface area contributed by atoms with Crippen LogP contribution in [0.15, 0.2) is 0 Å². The van der Waals surface area contributed by atoms with E-state index in [4.69, 9.17) is 15.2 Å². The van der Waals surface area contributed by atoms with Gasteiger partial charge in [0.1, 0.15) is 5.60 Å². The summed E-state index contributed by atoms with van der Waals surface area (Å²) < 4.78 is 11.2. The molecule has 5 nitrogen and oxygen atoms in total. The van der Waals surface area contributed by atoms with Crippen LogP contribution in [0.5, 0.6) is 0 Å². The maximum absolute atomic E-state index is 11.9. The lowest BCUT2D eigenvalue weighted by Crippen LogP contribution is -2.48. The number of hydrogen-bond acceptors (Lipinski definition) is 5. The number of nitrogens with two attached hydrogens (primary N) is 1. The molecule has 0 aromatic rings. The van der Waals surface area contributed by atoms with Crippen molar-refractivity contribution in [1.29, 1.82) is 0 Å². The number of likely N-dealkylation sites (tertiary alicyclic amines) is 1. The minimum Gasteiger partial charge on any atom is -0.444 e. The van der Waals surface area contributed by atoms with Crippen LogP contribution in [0.4, 0.5) is 4.79 Å². The van der Waals surface area contributed by atoms with Crippen LogP contribution in [-0.2, 0) is 9.47 Å². The molecule has 3 aliphatic rings. The average Bonchev–Trinajstić information content (AvgIpc) is 3.21. The second-order valence-electron chi connectivity index (χ2n) is 7.66. The quantitative estimate of drug-likeness (QED) is 0.648. The third-order valence-corrected chi connectivity index (χ3v) is 4.63. The van der Waals surface area contributed by atoms with Gasteiger partial charge in [-0.15, -0.1) is 0 Å². The van der Waals surface area contributed by atoms with Gasteiger partial charge in [0.05, 0.1) is 12.2 Å². The summed E-state index contributed by atoms with van der Waals surface area (Å²) >= 11 is 4.08. The Bertz CT molecular complexity index is 386. The van der Waals surface area contributed by atoms with Crippen molar-refractivity contribution in [1.82, 2.24) is 4.90 Å². The number of amides is 1. The highest BCUT2D eigenvalue weighted by Gasteiger charge is 2.42.